The molecule has 1 aliphatic heterocycles. The van der Waals surface area contributed by atoms with E-state index in [2.05, 4.69) is 21.5 Å². The SMILES string of the molecule is C=C(/N=C\C=C/N)c1ccc(C)nc1C(=O)N1C[C@@H]2C[C@@H]2CC1COc1cccc(C(F)(F)F)n1. The summed E-state index contributed by atoms with van der Waals surface area (Å²) in [7, 11) is 0. The number of ether oxygens (including phenoxy) is 1. The number of hydrogen-bond donors (Lipinski definition) is 1. The smallest absolute Gasteiger partial charge is 0.433 e. The van der Waals surface area contributed by atoms with E-state index in [0.717, 1.165) is 12.5 Å². The van der Waals surface area contributed by atoms with Gasteiger partial charge in [-0.3, -0.25) is 9.79 Å². The lowest BCUT2D eigenvalue weighted by Crippen LogP contribution is -2.48. The van der Waals surface area contributed by atoms with Gasteiger partial charge in [0.25, 0.3) is 5.91 Å². The molecule has 3 atom stereocenters. The van der Waals surface area contributed by atoms with Crippen LogP contribution in [0.25, 0.3) is 5.70 Å². The summed E-state index contributed by atoms with van der Waals surface area (Å²) in [6, 6.07) is 6.72. The maximum atomic E-state index is 13.7. The minimum absolute atomic E-state index is 0.0326. The van der Waals surface area contributed by atoms with Gasteiger partial charge in [-0.25, -0.2) is 9.97 Å². The fraction of sp³-hybridized carbons (Fsp3) is 0.360. The predicted octanol–water partition coefficient (Wildman–Crippen LogP) is 4.25. The second-order valence-electron chi connectivity index (χ2n) is 8.73. The van der Waals surface area contributed by atoms with E-state index in [1.165, 1.54) is 24.5 Å². The molecule has 2 N–H and O–H groups in total. The maximum Gasteiger partial charge on any atom is 0.433 e. The number of fused-ring (bicyclic) bond motifs is 1. The van der Waals surface area contributed by atoms with Gasteiger partial charge in [-0.2, -0.15) is 13.2 Å². The molecule has 2 aromatic rings. The Labute approximate surface area is 201 Å². The third-order valence-corrected chi connectivity index (χ3v) is 6.19. The summed E-state index contributed by atoms with van der Waals surface area (Å²) < 4.78 is 44.7. The normalized spacial score (nSPS) is 21.8. The summed E-state index contributed by atoms with van der Waals surface area (Å²) in [5.41, 5.74) is 6.07. The number of nitrogens with two attached hydrogens (primary N) is 1. The highest BCUT2D eigenvalue weighted by atomic mass is 19.4. The summed E-state index contributed by atoms with van der Waals surface area (Å²) in [5, 5.41) is 0. The summed E-state index contributed by atoms with van der Waals surface area (Å²) >= 11 is 0. The van der Waals surface area contributed by atoms with Crippen molar-refractivity contribution < 1.29 is 22.7 Å². The molecule has 10 heteroatoms. The van der Waals surface area contributed by atoms with E-state index in [-0.39, 0.29) is 30.1 Å². The number of amides is 1. The van der Waals surface area contributed by atoms with E-state index in [1.807, 2.05) is 0 Å². The van der Waals surface area contributed by atoms with E-state index >= 15 is 0 Å². The molecule has 2 aromatic heterocycles. The number of aryl methyl sites for hydroxylation is 1. The van der Waals surface area contributed by atoms with Crippen LogP contribution >= 0.6 is 0 Å². The minimum atomic E-state index is -4.56. The molecule has 2 fully saturated rings. The molecule has 3 heterocycles. The molecular formula is C25H26F3N5O2. The molecule has 0 aromatic carbocycles. The first-order valence-corrected chi connectivity index (χ1v) is 11.2. The Morgan fingerprint density at radius 3 is 2.80 bits per heavy atom. The summed E-state index contributed by atoms with van der Waals surface area (Å²) in [4.78, 5) is 27.7. The number of aliphatic imine (C=N–C) groups is 1. The number of hydrogen-bond acceptors (Lipinski definition) is 6. The molecule has 1 saturated heterocycles. The van der Waals surface area contributed by atoms with Gasteiger partial charge in [-0.1, -0.05) is 12.6 Å². The third kappa shape index (κ3) is 5.70. The van der Waals surface area contributed by atoms with Crippen molar-refractivity contribution in [3.8, 4) is 5.88 Å². The highest BCUT2D eigenvalue weighted by molar-refractivity contribution is 5.98. The van der Waals surface area contributed by atoms with Crippen molar-refractivity contribution >= 4 is 17.8 Å². The summed E-state index contributed by atoms with van der Waals surface area (Å²) in [6.07, 6.45) is 1.51. The zero-order chi connectivity index (χ0) is 25.2. The van der Waals surface area contributed by atoms with Crippen molar-refractivity contribution in [1.29, 1.82) is 0 Å². The number of allylic oxidation sites excluding steroid dienone is 1. The number of rotatable bonds is 7. The number of alkyl halides is 3. The number of aromatic nitrogens is 2. The zero-order valence-corrected chi connectivity index (χ0v) is 19.2. The maximum absolute atomic E-state index is 13.7. The molecule has 1 amide bonds. The van der Waals surface area contributed by atoms with Crippen LogP contribution in [0.2, 0.25) is 0 Å². The average molecular weight is 486 g/mol. The van der Waals surface area contributed by atoms with Gasteiger partial charge in [0, 0.05) is 30.1 Å². The molecule has 0 spiro atoms. The van der Waals surface area contributed by atoms with Gasteiger partial charge in [0.2, 0.25) is 5.88 Å². The van der Waals surface area contributed by atoms with Crippen LogP contribution in [0.1, 0.15) is 40.3 Å². The Balaban J connectivity index is 1.56. The lowest BCUT2D eigenvalue weighted by Gasteiger charge is -2.35. The van der Waals surface area contributed by atoms with Crippen molar-refractivity contribution in [1.82, 2.24) is 14.9 Å². The number of halogens is 3. The van der Waals surface area contributed by atoms with E-state index in [9.17, 15) is 18.0 Å². The van der Waals surface area contributed by atoms with Crippen LogP contribution in [0.3, 0.4) is 0 Å². The lowest BCUT2D eigenvalue weighted by molar-refractivity contribution is -0.141. The number of nitrogens with zero attached hydrogens (tertiary/aromatic N) is 4. The number of carbonyl (C=O) groups is 1. The summed E-state index contributed by atoms with van der Waals surface area (Å²) in [5.74, 6) is 0.473. The Morgan fingerprint density at radius 2 is 2.06 bits per heavy atom. The molecule has 184 valence electrons. The van der Waals surface area contributed by atoms with Crippen molar-refractivity contribution in [2.45, 2.75) is 32.0 Å². The molecule has 4 rings (SSSR count). The van der Waals surface area contributed by atoms with Crippen LogP contribution in [0, 0.1) is 18.8 Å². The fourth-order valence-corrected chi connectivity index (χ4v) is 4.28. The number of pyridine rings is 2. The zero-order valence-electron chi connectivity index (χ0n) is 19.2. The van der Waals surface area contributed by atoms with Crippen molar-refractivity contribution in [3.63, 3.8) is 0 Å². The molecule has 7 nitrogen and oxygen atoms in total. The molecule has 0 radical (unpaired) electrons. The topological polar surface area (TPSA) is 93.7 Å². The van der Waals surface area contributed by atoms with Crippen molar-refractivity contribution in [2.24, 2.45) is 22.6 Å². The number of likely N-dealkylation sites (tertiary alicyclic amines) is 1. The Kier molecular flexibility index (Phi) is 6.90. The van der Waals surface area contributed by atoms with Gasteiger partial charge in [0.05, 0.1) is 11.7 Å². The molecule has 35 heavy (non-hydrogen) atoms. The highest BCUT2D eigenvalue weighted by Crippen LogP contribution is 2.47. The summed E-state index contributed by atoms with van der Waals surface area (Å²) in [6.45, 7) is 6.31. The van der Waals surface area contributed by atoms with Crippen LogP contribution < -0.4 is 10.5 Å². The Bertz CT molecular complexity index is 1180. The quantitative estimate of drug-likeness (QED) is 0.592. The van der Waals surface area contributed by atoms with E-state index in [1.54, 1.807) is 30.0 Å². The average Bonchev–Trinajstić information content (AvgIpc) is 3.60. The predicted molar refractivity (Wildman–Crippen MR) is 126 cm³/mol. The lowest BCUT2D eigenvalue weighted by atomic mass is 10.0. The second-order valence-corrected chi connectivity index (χ2v) is 8.73. The van der Waals surface area contributed by atoms with Gasteiger partial charge in [-0.15, -0.1) is 0 Å². The van der Waals surface area contributed by atoms with Crippen LogP contribution in [-0.4, -0.2) is 46.2 Å². The van der Waals surface area contributed by atoms with Crippen LogP contribution in [0.15, 0.2) is 54.2 Å². The molecule has 1 aliphatic carbocycles. The largest absolute Gasteiger partial charge is 0.475 e. The molecular weight excluding hydrogens is 459 g/mol. The monoisotopic (exact) mass is 485 g/mol. The Hall–Kier alpha value is -3.69. The van der Waals surface area contributed by atoms with Crippen LogP contribution in [0.5, 0.6) is 5.88 Å². The highest BCUT2D eigenvalue weighted by Gasteiger charge is 2.48. The Morgan fingerprint density at radius 1 is 1.26 bits per heavy atom. The van der Waals surface area contributed by atoms with Gasteiger partial charge in [0.1, 0.15) is 18.0 Å². The van der Waals surface area contributed by atoms with Crippen molar-refractivity contribution in [3.05, 3.63) is 71.8 Å². The van der Waals surface area contributed by atoms with Gasteiger partial charge >= 0.3 is 6.18 Å². The van der Waals surface area contributed by atoms with E-state index in [0.29, 0.717) is 41.8 Å². The van der Waals surface area contributed by atoms with E-state index < -0.39 is 11.9 Å². The minimum Gasteiger partial charge on any atom is -0.475 e. The van der Waals surface area contributed by atoms with Crippen molar-refractivity contribution in [2.75, 3.05) is 13.2 Å². The third-order valence-electron chi connectivity index (χ3n) is 6.19. The number of carbonyl (C=O) groups excluding carboxylic acids is 1. The van der Waals surface area contributed by atoms with E-state index in [4.69, 9.17) is 10.5 Å². The standard InChI is InChI=1S/C25H26F3N5O2/c1-15-7-8-20(16(2)30-10-4-9-29)23(31-15)24(34)33-13-18-11-17(18)12-19(33)14-35-22-6-3-5-21(32-22)25(26,27)28/h3-10,17-19H,2,11-14,29H2,1H3/b9-4-,30-10-/t17-,18+,19?/m1/s1. The fourth-order valence-electron chi connectivity index (χ4n) is 4.28. The molecule has 1 saturated carbocycles. The first-order valence-electron chi connectivity index (χ1n) is 11.2. The first kappa shape index (κ1) is 24.4. The van der Waals surface area contributed by atoms with Gasteiger partial charge in [-0.05, 0) is 62.1 Å². The molecule has 1 unspecified atom stereocenters. The number of piperidine rings is 1. The second kappa shape index (κ2) is 9.89. The van der Waals surface area contributed by atoms with Crippen LogP contribution in [-0.2, 0) is 6.18 Å². The molecule has 0 bridgehead atoms. The van der Waals surface area contributed by atoms with Gasteiger partial charge in [0.15, 0.2) is 0 Å². The first-order chi connectivity index (χ1) is 16.7. The van der Waals surface area contributed by atoms with Crippen LogP contribution in [0.4, 0.5) is 13.2 Å². The molecule has 2 aliphatic rings. The van der Waals surface area contributed by atoms with Gasteiger partial charge < -0.3 is 15.4 Å².